The lowest BCUT2D eigenvalue weighted by molar-refractivity contribution is -0.137. The molecule has 0 unspecified atom stereocenters. The molecule has 154 valence electrons. The van der Waals surface area contributed by atoms with Crippen LogP contribution in [0.25, 0.3) is 0 Å². The van der Waals surface area contributed by atoms with Gasteiger partial charge >= 0.3 is 5.97 Å². The third-order valence-corrected chi connectivity index (χ3v) is 6.75. The molecule has 4 rings (SSSR count). The molecule has 7 heteroatoms. The molecule has 3 aliphatic rings. The van der Waals surface area contributed by atoms with E-state index in [0.29, 0.717) is 25.0 Å². The van der Waals surface area contributed by atoms with Gasteiger partial charge in [0.25, 0.3) is 0 Å². The number of carbonyl (C=O) groups is 2. The summed E-state index contributed by atoms with van der Waals surface area (Å²) < 4.78 is 10.2. The van der Waals surface area contributed by atoms with Crippen molar-refractivity contribution in [1.29, 1.82) is 0 Å². The smallest absolute Gasteiger partial charge is 0.337 e. The monoisotopic (exact) mass is 398 g/mol. The Balaban J connectivity index is 1.76. The normalized spacial score (nSPS) is 31.2. The number of phenolic OH excluding ortho intramolecular Hbond substituents is 1. The van der Waals surface area contributed by atoms with Crippen molar-refractivity contribution in [3.05, 3.63) is 48.3 Å². The number of aromatic hydroxyl groups is 1. The van der Waals surface area contributed by atoms with Crippen LogP contribution in [0.2, 0.25) is 0 Å². The predicted octanol–water partition coefficient (Wildman–Crippen LogP) is 2.18. The predicted molar refractivity (Wildman–Crippen MR) is 107 cm³/mol. The number of ether oxygens (including phenoxy) is 2. The molecule has 0 aromatic heterocycles. The number of rotatable bonds is 4. The Labute approximate surface area is 170 Å². The molecular formula is C22H26N2O5. The van der Waals surface area contributed by atoms with Gasteiger partial charge in [-0.25, -0.2) is 4.79 Å². The number of fused-ring (bicyclic) bond motifs is 4. The molecule has 4 atom stereocenters. The fourth-order valence-corrected chi connectivity index (χ4v) is 5.41. The minimum Gasteiger partial charge on any atom is -0.508 e. The van der Waals surface area contributed by atoms with Gasteiger partial charge in [-0.2, -0.15) is 0 Å². The summed E-state index contributed by atoms with van der Waals surface area (Å²) in [5.41, 5.74) is 1.29. The molecule has 1 aromatic carbocycles. The Hall–Kier alpha value is -2.80. The van der Waals surface area contributed by atoms with Gasteiger partial charge in [0.1, 0.15) is 5.75 Å². The number of anilines is 1. The van der Waals surface area contributed by atoms with Gasteiger partial charge in [-0.3, -0.25) is 9.69 Å². The summed E-state index contributed by atoms with van der Waals surface area (Å²) in [6, 6.07) is 4.92. The fraction of sp³-hybridized carbons (Fsp3) is 0.455. The highest BCUT2D eigenvalue weighted by atomic mass is 16.5. The van der Waals surface area contributed by atoms with Crippen LogP contribution >= 0.6 is 0 Å². The SMILES string of the molecule is C=C[C@H]1CN2CC[C@@]3(C(=O)Nc4ccc(O)cc43)[C@@H]2C[C@@H]1/C(=C\OC)C(=O)OC. The lowest BCUT2D eigenvalue weighted by atomic mass is 9.68. The summed E-state index contributed by atoms with van der Waals surface area (Å²) >= 11 is 0. The first-order chi connectivity index (χ1) is 14.0. The molecule has 1 aromatic rings. The van der Waals surface area contributed by atoms with Gasteiger partial charge in [0.15, 0.2) is 0 Å². The number of piperidine rings is 1. The van der Waals surface area contributed by atoms with Crippen molar-refractivity contribution in [2.45, 2.75) is 24.3 Å². The van der Waals surface area contributed by atoms with E-state index >= 15 is 0 Å². The van der Waals surface area contributed by atoms with E-state index in [2.05, 4.69) is 16.8 Å². The zero-order chi connectivity index (χ0) is 20.8. The molecule has 1 spiro atoms. The van der Waals surface area contributed by atoms with E-state index in [9.17, 15) is 14.7 Å². The van der Waals surface area contributed by atoms with Gasteiger partial charge in [-0.05, 0) is 49.1 Å². The van der Waals surface area contributed by atoms with Crippen LogP contribution in [0, 0.1) is 11.8 Å². The molecular weight excluding hydrogens is 372 g/mol. The van der Waals surface area contributed by atoms with Crippen molar-refractivity contribution >= 4 is 17.6 Å². The second-order valence-corrected chi connectivity index (χ2v) is 7.96. The maximum atomic E-state index is 13.2. The number of methoxy groups -OCH3 is 2. The molecule has 3 heterocycles. The molecule has 0 aliphatic carbocycles. The van der Waals surface area contributed by atoms with Gasteiger partial charge < -0.3 is 19.9 Å². The van der Waals surface area contributed by atoms with Gasteiger partial charge in [0.2, 0.25) is 5.91 Å². The van der Waals surface area contributed by atoms with Crippen molar-refractivity contribution in [1.82, 2.24) is 4.90 Å². The van der Waals surface area contributed by atoms with Crippen LogP contribution in [-0.2, 0) is 24.5 Å². The Morgan fingerprint density at radius 2 is 2.21 bits per heavy atom. The number of benzene rings is 1. The summed E-state index contributed by atoms with van der Waals surface area (Å²) in [5, 5.41) is 13.1. The zero-order valence-corrected chi connectivity index (χ0v) is 16.7. The highest BCUT2D eigenvalue weighted by molar-refractivity contribution is 6.07. The number of esters is 1. The topological polar surface area (TPSA) is 88.1 Å². The van der Waals surface area contributed by atoms with Gasteiger partial charge in [0.05, 0.1) is 31.5 Å². The van der Waals surface area contributed by atoms with E-state index in [1.165, 1.54) is 20.5 Å². The average molecular weight is 398 g/mol. The molecule has 2 saturated heterocycles. The number of phenols is 1. The van der Waals surface area contributed by atoms with E-state index < -0.39 is 11.4 Å². The third-order valence-electron chi connectivity index (χ3n) is 6.75. The zero-order valence-electron chi connectivity index (χ0n) is 16.7. The number of amides is 1. The number of carbonyl (C=O) groups excluding carboxylic acids is 2. The van der Waals surface area contributed by atoms with Crippen LogP contribution in [0.15, 0.2) is 42.7 Å². The number of hydrogen-bond donors (Lipinski definition) is 2. The maximum absolute atomic E-state index is 13.2. The van der Waals surface area contributed by atoms with Crippen molar-refractivity contribution in [3.8, 4) is 5.75 Å². The number of nitrogens with one attached hydrogen (secondary N) is 1. The lowest BCUT2D eigenvalue weighted by Crippen LogP contribution is -2.53. The molecule has 1 amide bonds. The number of nitrogens with zero attached hydrogens (tertiary/aromatic N) is 1. The van der Waals surface area contributed by atoms with Crippen LogP contribution in [0.5, 0.6) is 5.75 Å². The molecule has 7 nitrogen and oxygen atoms in total. The largest absolute Gasteiger partial charge is 0.508 e. The quantitative estimate of drug-likeness (QED) is 0.266. The standard InChI is InChI=1S/C22H26N2O5/c1-4-13-11-24-8-7-22(17-9-14(25)5-6-18(17)23-21(22)27)19(24)10-15(13)16(12-28-2)20(26)29-3/h4-6,9,12-13,15,19,25H,1,7-8,10-11H2,2-3H3,(H,23,27)/b16-12+/t13-,15-,19-,22-/m0/s1. The molecule has 2 N–H and O–H groups in total. The van der Waals surface area contributed by atoms with E-state index in [-0.39, 0.29) is 29.5 Å². The second-order valence-electron chi connectivity index (χ2n) is 7.96. The summed E-state index contributed by atoms with van der Waals surface area (Å²) in [6.07, 6.45) is 4.56. The summed E-state index contributed by atoms with van der Waals surface area (Å²) in [4.78, 5) is 27.9. The van der Waals surface area contributed by atoms with Crippen LogP contribution in [-0.4, -0.2) is 55.2 Å². The van der Waals surface area contributed by atoms with Crippen LogP contribution in [0.3, 0.4) is 0 Å². The van der Waals surface area contributed by atoms with Crippen LogP contribution in [0.1, 0.15) is 18.4 Å². The van der Waals surface area contributed by atoms with Gasteiger partial charge in [-0.15, -0.1) is 6.58 Å². The first-order valence-electron chi connectivity index (χ1n) is 9.79. The minimum atomic E-state index is -0.743. The van der Waals surface area contributed by atoms with Crippen LogP contribution < -0.4 is 5.32 Å². The fourth-order valence-electron chi connectivity index (χ4n) is 5.41. The molecule has 29 heavy (non-hydrogen) atoms. The van der Waals surface area contributed by atoms with Gasteiger partial charge in [0, 0.05) is 24.2 Å². The Morgan fingerprint density at radius 1 is 1.41 bits per heavy atom. The first kappa shape index (κ1) is 19.5. The molecule has 2 fully saturated rings. The minimum absolute atomic E-state index is 0.0370. The average Bonchev–Trinajstić information content (AvgIpc) is 3.23. The van der Waals surface area contributed by atoms with Crippen molar-refractivity contribution in [3.63, 3.8) is 0 Å². The summed E-state index contributed by atoms with van der Waals surface area (Å²) in [7, 11) is 2.85. The molecule has 0 radical (unpaired) electrons. The van der Waals surface area contributed by atoms with E-state index in [1.807, 2.05) is 6.08 Å². The van der Waals surface area contributed by atoms with E-state index in [0.717, 1.165) is 17.8 Å². The van der Waals surface area contributed by atoms with Crippen molar-refractivity contribution in [2.24, 2.45) is 11.8 Å². The Kier molecular flexibility index (Phi) is 4.86. The van der Waals surface area contributed by atoms with Gasteiger partial charge in [-0.1, -0.05) is 6.08 Å². The lowest BCUT2D eigenvalue weighted by Gasteiger charge is -2.44. The first-order valence-corrected chi connectivity index (χ1v) is 9.79. The highest BCUT2D eigenvalue weighted by Crippen LogP contribution is 2.53. The van der Waals surface area contributed by atoms with E-state index in [4.69, 9.17) is 9.47 Å². The summed E-state index contributed by atoms with van der Waals surface area (Å²) in [6.45, 7) is 5.43. The Bertz CT molecular complexity index is 895. The molecule has 3 aliphatic heterocycles. The molecule has 0 saturated carbocycles. The Morgan fingerprint density at radius 3 is 2.90 bits per heavy atom. The number of hydrogen-bond acceptors (Lipinski definition) is 6. The van der Waals surface area contributed by atoms with E-state index in [1.54, 1.807) is 18.2 Å². The second kappa shape index (κ2) is 7.22. The summed E-state index contributed by atoms with van der Waals surface area (Å²) in [5.74, 6) is -0.473. The van der Waals surface area contributed by atoms with Crippen molar-refractivity contribution in [2.75, 3.05) is 32.6 Å². The highest BCUT2D eigenvalue weighted by Gasteiger charge is 2.60. The van der Waals surface area contributed by atoms with Crippen LogP contribution in [0.4, 0.5) is 5.69 Å². The maximum Gasteiger partial charge on any atom is 0.337 e. The van der Waals surface area contributed by atoms with Crippen molar-refractivity contribution < 1.29 is 24.2 Å². The third kappa shape index (κ3) is 2.83. The molecule has 0 bridgehead atoms.